The van der Waals surface area contributed by atoms with Gasteiger partial charge >= 0.3 is 6.18 Å². The highest BCUT2D eigenvalue weighted by Crippen LogP contribution is 2.34. The molecule has 2 aromatic carbocycles. The summed E-state index contributed by atoms with van der Waals surface area (Å²) in [4.78, 5) is 25.6. The zero-order chi connectivity index (χ0) is 20.0. The maximum absolute atomic E-state index is 13.0. The van der Waals surface area contributed by atoms with Crippen LogP contribution in [-0.4, -0.2) is 23.3 Å². The second-order valence-electron chi connectivity index (χ2n) is 6.14. The molecule has 0 saturated carbocycles. The number of carbonyl (C=O) groups is 2. The van der Waals surface area contributed by atoms with Gasteiger partial charge in [0.2, 0.25) is 11.8 Å². The van der Waals surface area contributed by atoms with E-state index >= 15 is 0 Å². The summed E-state index contributed by atoms with van der Waals surface area (Å²) in [6.45, 7) is 3.34. The van der Waals surface area contributed by atoms with Crippen molar-refractivity contribution in [3.8, 4) is 0 Å². The Hall–Kier alpha value is -2.83. The number of benzene rings is 2. The summed E-state index contributed by atoms with van der Waals surface area (Å²) in [5.74, 6) is -0.798. The number of amides is 2. The molecule has 2 amide bonds. The van der Waals surface area contributed by atoms with Crippen LogP contribution in [0.4, 0.5) is 18.9 Å². The Morgan fingerprint density at radius 2 is 1.63 bits per heavy atom. The lowest BCUT2D eigenvalue weighted by atomic mass is 10.1. The smallest absolute Gasteiger partial charge is 0.336 e. The van der Waals surface area contributed by atoms with Crippen LogP contribution in [0.5, 0.6) is 0 Å². The van der Waals surface area contributed by atoms with Crippen molar-refractivity contribution < 1.29 is 22.8 Å². The first-order valence-corrected chi connectivity index (χ1v) is 8.48. The molecule has 144 valence electrons. The van der Waals surface area contributed by atoms with Gasteiger partial charge in [-0.1, -0.05) is 42.5 Å². The summed E-state index contributed by atoms with van der Waals surface area (Å²) < 4.78 is 39.0. The molecule has 0 saturated heterocycles. The van der Waals surface area contributed by atoms with E-state index in [2.05, 4.69) is 5.32 Å². The number of nitrogens with one attached hydrogen (secondary N) is 1. The maximum atomic E-state index is 13.0. The summed E-state index contributed by atoms with van der Waals surface area (Å²) >= 11 is 0. The van der Waals surface area contributed by atoms with Crippen molar-refractivity contribution in [1.82, 2.24) is 4.90 Å². The molecule has 0 aliphatic carbocycles. The van der Waals surface area contributed by atoms with Crippen LogP contribution in [0.25, 0.3) is 0 Å². The molecule has 1 N–H and O–H groups in total. The second-order valence-corrected chi connectivity index (χ2v) is 6.14. The minimum atomic E-state index is -4.56. The van der Waals surface area contributed by atoms with E-state index in [4.69, 9.17) is 0 Å². The molecule has 0 aliphatic heterocycles. The molecule has 27 heavy (non-hydrogen) atoms. The summed E-state index contributed by atoms with van der Waals surface area (Å²) in [6, 6.07) is 13.9. The van der Waals surface area contributed by atoms with E-state index < -0.39 is 17.6 Å². The highest BCUT2D eigenvalue weighted by molar-refractivity contribution is 5.92. The molecule has 0 fully saturated rings. The van der Waals surface area contributed by atoms with Crippen LogP contribution >= 0.6 is 0 Å². The second kappa shape index (κ2) is 8.70. The first-order valence-electron chi connectivity index (χ1n) is 8.48. The van der Waals surface area contributed by atoms with Gasteiger partial charge in [0.05, 0.1) is 17.3 Å². The van der Waals surface area contributed by atoms with Crippen molar-refractivity contribution in [1.29, 1.82) is 0 Å². The zero-order valence-electron chi connectivity index (χ0n) is 15.1. The number of carbonyl (C=O) groups excluding carboxylic acids is 2. The van der Waals surface area contributed by atoms with Crippen LogP contribution < -0.4 is 5.32 Å². The van der Waals surface area contributed by atoms with Crippen LogP contribution in [0.2, 0.25) is 0 Å². The molecule has 0 heterocycles. The molecule has 7 heteroatoms. The molecular weight excluding hydrogens is 357 g/mol. The van der Waals surface area contributed by atoms with E-state index in [0.29, 0.717) is 0 Å². The minimum absolute atomic E-state index is 0.103. The molecule has 0 aliphatic rings. The van der Waals surface area contributed by atoms with Crippen LogP contribution in [-0.2, 0) is 15.8 Å². The predicted octanol–water partition coefficient (Wildman–Crippen LogP) is 4.64. The number of alkyl halides is 3. The molecule has 2 aromatic rings. The Balaban J connectivity index is 2.04. The normalized spacial score (nSPS) is 12.3. The van der Waals surface area contributed by atoms with Gasteiger partial charge in [-0.05, 0) is 24.6 Å². The van der Waals surface area contributed by atoms with Gasteiger partial charge < -0.3 is 10.2 Å². The standard InChI is InChI=1S/C20H21F3N2O2/c1-14(16-8-4-3-5-9-16)25(15(2)26)13-12-19(27)24-18-11-7-6-10-17(18)20(21,22)23/h3-11,14H,12-13H2,1-2H3,(H,24,27). The van der Waals surface area contributed by atoms with Gasteiger partial charge in [-0.2, -0.15) is 13.2 Å². The average molecular weight is 378 g/mol. The third kappa shape index (κ3) is 5.57. The highest BCUT2D eigenvalue weighted by atomic mass is 19.4. The molecule has 0 radical (unpaired) electrons. The van der Waals surface area contributed by atoms with Gasteiger partial charge in [0.15, 0.2) is 0 Å². The molecule has 4 nitrogen and oxygen atoms in total. The summed E-state index contributed by atoms with van der Waals surface area (Å²) in [5.41, 5.74) is -0.282. The molecule has 0 aromatic heterocycles. The minimum Gasteiger partial charge on any atom is -0.336 e. The Morgan fingerprint density at radius 3 is 2.22 bits per heavy atom. The average Bonchev–Trinajstić information content (AvgIpc) is 2.61. The van der Waals surface area contributed by atoms with Gasteiger partial charge in [0.25, 0.3) is 0 Å². The van der Waals surface area contributed by atoms with E-state index in [1.807, 2.05) is 37.3 Å². The summed E-state index contributed by atoms with van der Waals surface area (Å²) in [7, 11) is 0. The number of anilines is 1. The highest BCUT2D eigenvalue weighted by Gasteiger charge is 2.33. The SMILES string of the molecule is CC(=O)N(CCC(=O)Nc1ccccc1C(F)(F)F)C(C)c1ccccc1. The number of halogens is 3. The van der Waals surface area contributed by atoms with Crippen LogP contribution in [0, 0.1) is 0 Å². The van der Waals surface area contributed by atoms with Gasteiger partial charge in [-0.15, -0.1) is 0 Å². The number of hydrogen-bond acceptors (Lipinski definition) is 2. The topological polar surface area (TPSA) is 49.4 Å². The van der Waals surface area contributed by atoms with E-state index in [0.717, 1.165) is 11.6 Å². The largest absolute Gasteiger partial charge is 0.418 e. The summed E-state index contributed by atoms with van der Waals surface area (Å²) in [5, 5.41) is 2.29. The lowest BCUT2D eigenvalue weighted by Gasteiger charge is -2.28. The molecule has 2 rings (SSSR count). The number of para-hydroxylation sites is 1. The van der Waals surface area contributed by atoms with Gasteiger partial charge in [-0.3, -0.25) is 9.59 Å². The molecule has 0 spiro atoms. The quantitative estimate of drug-likeness (QED) is 0.796. The lowest BCUT2D eigenvalue weighted by Crippen LogP contribution is -2.34. The Kier molecular flexibility index (Phi) is 6.60. The molecule has 1 atom stereocenters. The predicted molar refractivity (Wildman–Crippen MR) is 96.9 cm³/mol. The van der Waals surface area contributed by atoms with Gasteiger partial charge in [-0.25, -0.2) is 0 Å². The zero-order valence-corrected chi connectivity index (χ0v) is 15.1. The molecule has 0 bridgehead atoms. The van der Waals surface area contributed by atoms with E-state index in [1.54, 1.807) is 0 Å². The van der Waals surface area contributed by atoms with Crippen molar-refractivity contribution in [2.45, 2.75) is 32.5 Å². The fraction of sp³-hybridized carbons (Fsp3) is 0.300. The lowest BCUT2D eigenvalue weighted by molar-refractivity contribution is -0.137. The number of hydrogen-bond donors (Lipinski definition) is 1. The number of rotatable bonds is 6. The van der Waals surface area contributed by atoms with Crippen LogP contribution in [0.1, 0.15) is 37.4 Å². The Morgan fingerprint density at radius 1 is 1.04 bits per heavy atom. The van der Waals surface area contributed by atoms with Crippen LogP contribution in [0.15, 0.2) is 54.6 Å². The summed E-state index contributed by atoms with van der Waals surface area (Å²) in [6.07, 6.45) is -4.67. The fourth-order valence-electron chi connectivity index (χ4n) is 2.81. The Bertz CT molecular complexity index is 791. The Labute approximate surface area is 156 Å². The third-order valence-electron chi connectivity index (χ3n) is 4.24. The van der Waals surface area contributed by atoms with Gasteiger partial charge in [0, 0.05) is 19.9 Å². The molecular formula is C20H21F3N2O2. The van der Waals surface area contributed by atoms with E-state index in [-0.39, 0.29) is 30.6 Å². The van der Waals surface area contributed by atoms with Crippen molar-refractivity contribution in [3.05, 3.63) is 65.7 Å². The first-order chi connectivity index (χ1) is 12.7. The van der Waals surface area contributed by atoms with Crippen molar-refractivity contribution >= 4 is 17.5 Å². The third-order valence-corrected chi connectivity index (χ3v) is 4.24. The van der Waals surface area contributed by atoms with E-state index in [9.17, 15) is 22.8 Å². The molecule has 1 unspecified atom stereocenters. The maximum Gasteiger partial charge on any atom is 0.418 e. The van der Waals surface area contributed by atoms with Crippen LogP contribution in [0.3, 0.4) is 0 Å². The monoisotopic (exact) mass is 378 g/mol. The van der Waals surface area contributed by atoms with Gasteiger partial charge in [0.1, 0.15) is 0 Å². The van der Waals surface area contributed by atoms with Crippen molar-refractivity contribution in [2.75, 3.05) is 11.9 Å². The van der Waals surface area contributed by atoms with E-state index in [1.165, 1.54) is 30.0 Å². The van der Waals surface area contributed by atoms with Crippen molar-refractivity contribution in [3.63, 3.8) is 0 Å². The first kappa shape index (κ1) is 20.5. The fourth-order valence-corrected chi connectivity index (χ4v) is 2.81. The van der Waals surface area contributed by atoms with Crippen molar-refractivity contribution in [2.24, 2.45) is 0 Å². The number of nitrogens with zero attached hydrogens (tertiary/aromatic N) is 1.